The second-order valence-corrected chi connectivity index (χ2v) is 9.14. The van der Waals surface area contributed by atoms with Crippen LogP contribution >= 0.6 is 0 Å². The maximum absolute atomic E-state index is 4.61. The van der Waals surface area contributed by atoms with E-state index >= 15 is 0 Å². The molecule has 30 heavy (non-hydrogen) atoms. The van der Waals surface area contributed by atoms with E-state index in [1.54, 1.807) is 0 Å². The molecule has 0 saturated carbocycles. The average Bonchev–Trinajstić information content (AvgIpc) is 3.45. The van der Waals surface area contributed by atoms with Crippen molar-refractivity contribution in [2.45, 2.75) is 97.7 Å². The highest BCUT2D eigenvalue weighted by Crippen LogP contribution is 2.25. The normalized spacial score (nSPS) is 14.0. The summed E-state index contributed by atoms with van der Waals surface area (Å²) in [6, 6.07) is 6.87. The Hall–Kier alpha value is -2.37. The molecule has 0 saturated heterocycles. The summed E-state index contributed by atoms with van der Waals surface area (Å²) in [7, 11) is 0. The zero-order valence-corrected chi connectivity index (χ0v) is 19.5. The first-order valence-corrected chi connectivity index (χ1v) is 11.4. The average molecular weight is 411 g/mol. The number of hydrogen-bond donors (Lipinski definition) is 0. The zero-order valence-electron chi connectivity index (χ0n) is 19.5. The lowest BCUT2D eigenvalue weighted by Crippen LogP contribution is -2.13. The van der Waals surface area contributed by atoms with Gasteiger partial charge in [0.1, 0.15) is 0 Å². The molecule has 2 unspecified atom stereocenters. The fourth-order valence-corrected chi connectivity index (χ4v) is 4.27. The second kappa shape index (κ2) is 10.1. The van der Waals surface area contributed by atoms with E-state index in [1.165, 1.54) is 17.1 Å². The Balaban J connectivity index is 1.53. The monoisotopic (exact) mass is 410 g/mol. The van der Waals surface area contributed by atoms with E-state index in [-0.39, 0.29) is 0 Å². The predicted octanol–water partition coefficient (Wildman–Crippen LogP) is 5.76. The number of aryl methyl sites for hydroxylation is 2. The Morgan fingerprint density at radius 1 is 0.667 bits per heavy atom. The van der Waals surface area contributed by atoms with Gasteiger partial charge in [-0.25, -0.2) is 0 Å². The third kappa shape index (κ3) is 5.21. The molecule has 0 aliphatic rings. The van der Waals surface area contributed by atoms with Gasteiger partial charge in [0, 0.05) is 54.8 Å². The fourth-order valence-electron chi connectivity index (χ4n) is 4.27. The summed E-state index contributed by atoms with van der Waals surface area (Å²) in [6.07, 6.45) is 9.09. The molecule has 3 aromatic rings. The SMILES string of the molecule is CC(C)c1ccnn1CCC(C)c1ccnn1CCCC(C)c1ccnn1C(C)C. The van der Waals surface area contributed by atoms with Crippen LogP contribution in [0.4, 0.5) is 0 Å². The fraction of sp³-hybridized carbons (Fsp3) is 0.625. The molecule has 0 amide bonds. The van der Waals surface area contributed by atoms with Gasteiger partial charge in [-0.05, 0) is 69.1 Å². The minimum Gasteiger partial charge on any atom is -0.269 e. The van der Waals surface area contributed by atoms with Crippen LogP contribution in [0.5, 0.6) is 0 Å². The number of nitrogens with zero attached hydrogens (tertiary/aromatic N) is 6. The summed E-state index contributed by atoms with van der Waals surface area (Å²) in [4.78, 5) is 0. The van der Waals surface area contributed by atoms with Crippen molar-refractivity contribution in [1.82, 2.24) is 29.3 Å². The van der Waals surface area contributed by atoms with Crippen molar-refractivity contribution in [3.8, 4) is 0 Å². The maximum Gasteiger partial charge on any atom is 0.0492 e. The van der Waals surface area contributed by atoms with E-state index in [4.69, 9.17) is 0 Å². The Bertz CT molecular complexity index is 900. The number of rotatable bonds is 11. The molecular weight excluding hydrogens is 372 g/mol. The molecule has 3 heterocycles. The van der Waals surface area contributed by atoms with Crippen molar-refractivity contribution in [3.05, 3.63) is 53.9 Å². The highest BCUT2D eigenvalue weighted by atomic mass is 15.3. The molecule has 0 fully saturated rings. The summed E-state index contributed by atoms with van der Waals surface area (Å²) in [5.41, 5.74) is 3.97. The Labute approximate surface area is 181 Å². The lowest BCUT2D eigenvalue weighted by molar-refractivity contribution is 0.448. The van der Waals surface area contributed by atoms with Gasteiger partial charge in [0.25, 0.3) is 0 Å². The van der Waals surface area contributed by atoms with Gasteiger partial charge >= 0.3 is 0 Å². The van der Waals surface area contributed by atoms with Gasteiger partial charge in [0.2, 0.25) is 0 Å². The molecule has 6 heteroatoms. The number of hydrogen-bond acceptors (Lipinski definition) is 3. The van der Waals surface area contributed by atoms with Gasteiger partial charge in [-0.2, -0.15) is 15.3 Å². The summed E-state index contributed by atoms with van der Waals surface area (Å²) < 4.78 is 6.50. The van der Waals surface area contributed by atoms with E-state index in [2.05, 4.69) is 89.1 Å². The van der Waals surface area contributed by atoms with Gasteiger partial charge in [-0.3, -0.25) is 14.0 Å². The van der Waals surface area contributed by atoms with Crippen LogP contribution in [0.3, 0.4) is 0 Å². The van der Waals surface area contributed by atoms with Crippen LogP contribution in [0.25, 0.3) is 0 Å². The van der Waals surface area contributed by atoms with Crippen molar-refractivity contribution in [2.24, 2.45) is 0 Å². The largest absolute Gasteiger partial charge is 0.269 e. The standard InChI is InChI=1S/C24H38N6/c1-18(2)22-9-13-26-29(22)17-12-21(6)23-10-14-25-28(23)16-7-8-20(5)24-11-15-27-30(24)19(3)4/h9-11,13-15,18-21H,7-8,12,16-17H2,1-6H3. The lowest BCUT2D eigenvalue weighted by atomic mass is 10.0. The molecule has 164 valence electrons. The Morgan fingerprint density at radius 3 is 1.90 bits per heavy atom. The van der Waals surface area contributed by atoms with E-state index in [9.17, 15) is 0 Å². The number of aromatic nitrogens is 6. The summed E-state index contributed by atoms with van der Waals surface area (Å²) >= 11 is 0. The van der Waals surface area contributed by atoms with E-state index in [0.29, 0.717) is 23.8 Å². The van der Waals surface area contributed by atoms with Crippen LogP contribution in [0.1, 0.15) is 102 Å². The smallest absolute Gasteiger partial charge is 0.0492 e. The van der Waals surface area contributed by atoms with Crippen LogP contribution < -0.4 is 0 Å². The molecule has 0 spiro atoms. The van der Waals surface area contributed by atoms with E-state index in [1.807, 2.05) is 18.6 Å². The Morgan fingerprint density at radius 2 is 1.23 bits per heavy atom. The molecular formula is C24H38N6. The van der Waals surface area contributed by atoms with Gasteiger partial charge < -0.3 is 0 Å². The second-order valence-electron chi connectivity index (χ2n) is 9.14. The maximum atomic E-state index is 4.61. The molecule has 3 aromatic heterocycles. The van der Waals surface area contributed by atoms with E-state index < -0.39 is 0 Å². The molecule has 0 bridgehead atoms. The molecule has 0 N–H and O–H groups in total. The molecule has 3 rings (SSSR count). The highest BCUT2D eigenvalue weighted by Gasteiger charge is 2.16. The molecule has 6 nitrogen and oxygen atoms in total. The third-order valence-corrected chi connectivity index (χ3v) is 6.07. The lowest BCUT2D eigenvalue weighted by Gasteiger charge is -2.18. The van der Waals surface area contributed by atoms with Crippen molar-refractivity contribution in [3.63, 3.8) is 0 Å². The van der Waals surface area contributed by atoms with Crippen LogP contribution in [0.2, 0.25) is 0 Å². The van der Waals surface area contributed by atoms with Crippen LogP contribution in [0, 0.1) is 0 Å². The minimum atomic E-state index is 0.405. The van der Waals surface area contributed by atoms with Crippen molar-refractivity contribution in [2.75, 3.05) is 0 Å². The van der Waals surface area contributed by atoms with Crippen LogP contribution in [-0.4, -0.2) is 29.3 Å². The summed E-state index contributed by atoms with van der Waals surface area (Å²) in [5.74, 6) is 1.46. The van der Waals surface area contributed by atoms with Crippen molar-refractivity contribution < 1.29 is 0 Å². The topological polar surface area (TPSA) is 53.5 Å². The van der Waals surface area contributed by atoms with Crippen molar-refractivity contribution in [1.29, 1.82) is 0 Å². The quantitative estimate of drug-likeness (QED) is 0.404. The summed E-state index contributed by atoms with van der Waals surface area (Å²) in [5, 5.41) is 13.6. The van der Waals surface area contributed by atoms with Gasteiger partial charge in [0.05, 0.1) is 0 Å². The molecule has 0 radical (unpaired) electrons. The van der Waals surface area contributed by atoms with Gasteiger partial charge in [-0.15, -0.1) is 0 Å². The minimum absolute atomic E-state index is 0.405. The molecule has 0 aromatic carbocycles. The predicted molar refractivity (Wildman–Crippen MR) is 122 cm³/mol. The van der Waals surface area contributed by atoms with Crippen LogP contribution in [-0.2, 0) is 13.1 Å². The highest BCUT2D eigenvalue weighted by molar-refractivity contribution is 5.09. The first-order valence-electron chi connectivity index (χ1n) is 11.4. The first kappa shape index (κ1) is 22.3. The van der Waals surface area contributed by atoms with Gasteiger partial charge in [0.15, 0.2) is 0 Å². The Kier molecular flexibility index (Phi) is 7.51. The summed E-state index contributed by atoms with van der Waals surface area (Å²) in [6.45, 7) is 15.3. The van der Waals surface area contributed by atoms with E-state index in [0.717, 1.165) is 32.4 Å². The first-order chi connectivity index (χ1) is 14.4. The van der Waals surface area contributed by atoms with Crippen molar-refractivity contribution >= 4 is 0 Å². The van der Waals surface area contributed by atoms with Crippen LogP contribution in [0.15, 0.2) is 36.8 Å². The zero-order chi connectivity index (χ0) is 21.7. The third-order valence-electron chi connectivity index (χ3n) is 6.07. The van der Waals surface area contributed by atoms with Gasteiger partial charge in [-0.1, -0.05) is 27.7 Å². The molecule has 0 aliphatic heterocycles. The molecule has 0 aliphatic carbocycles. The molecule has 2 atom stereocenters.